The van der Waals surface area contributed by atoms with Gasteiger partial charge < -0.3 is 14.4 Å². The maximum Gasteiger partial charge on any atom is 0.171 e. The fourth-order valence-corrected chi connectivity index (χ4v) is 2.03. The van der Waals surface area contributed by atoms with Gasteiger partial charge in [-0.05, 0) is 25.0 Å². The molecule has 0 atom stereocenters. The van der Waals surface area contributed by atoms with Crippen LogP contribution in [0.4, 0.5) is 5.82 Å². The minimum Gasteiger partial charge on any atom is -0.493 e. The van der Waals surface area contributed by atoms with Crippen molar-refractivity contribution in [3.8, 4) is 5.75 Å². The quantitative estimate of drug-likeness (QED) is 0.724. The Labute approximate surface area is 95.2 Å². The van der Waals surface area contributed by atoms with Crippen LogP contribution in [0, 0.1) is 5.92 Å². The van der Waals surface area contributed by atoms with Gasteiger partial charge in [0.05, 0.1) is 7.11 Å². The van der Waals surface area contributed by atoms with Crippen molar-refractivity contribution < 1.29 is 9.53 Å². The van der Waals surface area contributed by atoms with Gasteiger partial charge in [-0.3, -0.25) is 0 Å². The van der Waals surface area contributed by atoms with Crippen molar-refractivity contribution in [3.05, 3.63) is 18.3 Å². The Morgan fingerprint density at radius 1 is 1.50 bits per heavy atom. The molecule has 86 valence electrons. The van der Waals surface area contributed by atoms with E-state index >= 15 is 0 Å². The van der Waals surface area contributed by atoms with Crippen LogP contribution in [0.2, 0.25) is 0 Å². The Morgan fingerprint density at radius 3 is 2.88 bits per heavy atom. The lowest BCUT2D eigenvalue weighted by Gasteiger charge is -2.31. The maximum absolute atomic E-state index is 10.7. The van der Waals surface area contributed by atoms with Crippen molar-refractivity contribution in [1.82, 2.24) is 4.98 Å². The topological polar surface area (TPSA) is 42.4 Å². The zero-order chi connectivity index (χ0) is 11.4. The number of pyridine rings is 1. The molecule has 4 heteroatoms. The molecule has 1 saturated heterocycles. The highest BCUT2D eigenvalue weighted by atomic mass is 16.5. The molecule has 1 aromatic heterocycles. The van der Waals surface area contributed by atoms with Gasteiger partial charge in [0.2, 0.25) is 0 Å². The Balaban J connectivity index is 2.10. The molecule has 0 N–H and O–H groups in total. The highest BCUT2D eigenvalue weighted by Gasteiger charge is 2.21. The van der Waals surface area contributed by atoms with E-state index in [1.54, 1.807) is 13.3 Å². The number of anilines is 1. The average molecular weight is 220 g/mol. The van der Waals surface area contributed by atoms with Gasteiger partial charge in [0.1, 0.15) is 6.29 Å². The Bertz CT molecular complexity index is 360. The van der Waals surface area contributed by atoms with Crippen molar-refractivity contribution in [2.45, 2.75) is 12.8 Å². The van der Waals surface area contributed by atoms with Gasteiger partial charge in [0, 0.05) is 25.2 Å². The normalized spacial score (nSPS) is 17.2. The summed E-state index contributed by atoms with van der Waals surface area (Å²) in [5.74, 6) is 1.90. The monoisotopic (exact) mass is 220 g/mol. The molecule has 1 aromatic rings. The summed E-state index contributed by atoms with van der Waals surface area (Å²) in [5.41, 5.74) is 0. The molecule has 1 aliphatic rings. The number of hydrogen-bond acceptors (Lipinski definition) is 4. The van der Waals surface area contributed by atoms with Crippen LogP contribution in [0.5, 0.6) is 5.75 Å². The van der Waals surface area contributed by atoms with E-state index in [2.05, 4.69) is 9.88 Å². The second kappa shape index (κ2) is 4.96. The van der Waals surface area contributed by atoms with Gasteiger partial charge in [-0.15, -0.1) is 0 Å². The molecule has 1 aliphatic heterocycles. The second-order valence-corrected chi connectivity index (χ2v) is 3.99. The molecular formula is C12H16N2O2. The molecule has 4 nitrogen and oxygen atoms in total. The van der Waals surface area contributed by atoms with E-state index in [-0.39, 0.29) is 5.92 Å². The zero-order valence-electron chi connectivity index (χ0n) is 9.43. The lowest BCUT2D eigenvalue weighted by atomic mass is 9.99. The molecule has 0 spiro atoms. The van der Waals surface area contributed by atoms with Gasteiger partial charge in [0.15, 0.2) is 11.6 Å². The van der Waals surface area contributed by atoms with Gasteiger partial charge in [-0.2, -0.15) is 0 Å². The number of carbonyl (C=O) groups is 1. The molecule has 0 aromatic carbocycles. The van der Waals surface area contributed by atoms with Crippen LogP contribution in [-0.4, -0.2) is 31.5 Å². The van der Waals surface area contributed by atoms with Crippen LogP contribution < -0.4 is 9.64 Å². The van der Waals surface area contributed by atoms with Gasteiger partial charge in [-0.25, -0.2) is 4.98 Å². The molecule has 1 fully saturated rings. The standard InChI is InChI=1S/C12H16N2O2/c1-16-11-3-2-6-13-12(11)14-7-4-10(9-15)5-8-14/h2-3,6,9-10H,4-5,7-8H2,1H3. The Morgan fingerprint density at radius 2 is 2.25 bits per heavy atom. The van der Waals surface area contributed by atoms with Crippen molar-refractivity contribution in [1.29, 1.82) is 0 Å². The molecule has 0 saturated carbocycles. The van der Waals surface area contributed by atoms with E-state index in [0.29, 0.717) is 0 Å². The number of aromatic nitrogens is 1. The molecular weight excluding hydrogens is 204 g/mol. The lowest BCUT2D eigenvalue weighted by Crippen LogP contribution is -2.34. The Hall–Kier alpha value is -1.58. The molecule has 0 unspecified atom stereocenters. The lowest BCUT2D eigenvalue weighted by molar-refractivity contribution is -0.111. The molecule has 2 heterocycles. The van der Waals surface area contributed by atoms with E-state index in [1.165, 1.54) is 0 Å². The van der Waals surface area contributed by atoms with Gasteiger partial charge in [0.25, 0.3) is 0 Å². The third-order valence-electron chi connectivity index (χ3n) is 3.00. The van der Waals surface area contributed by atoms with E-state index in [0.717, 1.165) is 43.8 Å². The number of ether oxygens (including phenoxy) is 1. The minimum absolute atomic E-state index is 0.214. The summed E-state index contributed by atoms with van der Waals surface area (Å²) in [5, 5.41) is 0. The van der Waals surface area contributed by atoms with Gasteiger partial charge >= 0.3 is 0 Å². The number of methoxy groups -OCH3 is 1. The first-order chi connectivity index (χ1) is 7.85. The van der Waals surface area contributed by atoms with Crippen molar-refractivity contribution in [2.24, 2.45) is 5.92 Å². The first-order valence-electron chi connectivity index (χ1n) is 5.54. The van der Waals surface area contributed by atoms with Crippen LogP contribution in [0.15, 0.2) is 18.3 Å². The predicted octanol–water partition coefficient (Wildman–Crippen LogP) is 1.51. The van der Waals surface area contributed by atoms with Crippen molar-refractivity contribution in [3.63, 3.8) is 0 Å². The maximum atomic E-state index is 10.7. The van der Waals surface area contributed by atoms with E-state index in [9.17, 15) is 4.79 Å². The molecule has 0 amide bonds. The highest BCUT2D eigenvalue weighted by molar-refractivity contribution is 5.56. The minimum atomic E-state index is 0.214. The molecule has 2 rings (SSSR count). The number of aldehydes is 1. The number of rotatable bonds is 3. The molecule has 0 bridgehead atoms. The molecule has 0 aliphatic carbocycles. The van der Waals surface area contributed by atoms with Crippen LogP contribution in [-0.2, 0) is 4.79 Å². The smallest absolute Gasteiger partial charge is 0.171 e. The number of carbonyl (C=O) groups excluding carboxylic acids is 1. The van der Waals surface area contributed by atoms with Gasteiger partial charge in [-0.1, -0.05) is 0 Å². The summed E-state index contributed by atoms with van der Waals surface area (Å²) in [6.07, 6.45) is 4.64. The zero-order valence-corrected chi connectivity index (χ0v) is 9.43. The fourth-order valence-electron chi connectivity index (χ4n) is 2.03. The Kier molecular flexibility index (Phi) is 3.39. The summed E-state index contributed by atoms with van der Waals surface area (Å²) >= 11 is 0. The summed E-state index contributed by atoms with van der Waals surface area (Å²) < 4.78 is 5.28. The largest absolute Gasteiger partial charge is 0.493 e. The third-order valence-corrected chi connectivity index (χ3v) is 3.00. The molecule has 16 heavy (non-hydrogen) atoms. The van der Waals surface area contributed by atoms with E-state index in [4.69, 9.17) is 4.74 Å². The summed E-state index contributed by atoms with van der Waals surface area (Å²) in [6, 6.07) is 3.77. The number of hydrogen-bond donors (Lipinski definition) is 0. The van der Waals surface area contributed by atoms with Crippen LogP contribution in [0.25, 0.3) is 0 Å². The highest BCUT2D eigenvalue weighted by Crippen LogP contribution is 2.28. The van der Waals surface area contributed by atoms with E-state index in [1.807, 2.05) is 12.1 Å². The second-order valence-electron chi connectivity index (χ2n) is 3.99. The summed E-state index contributed by atoms with van der Waals surface area (Å²) in [7, 11) is 1.65. The third kappa shape index (κ3) is 2.15. The molecule has 0 radical (unpaired) electrons. The average Bonchev–Trinajstić information content (AvgIpc) is 2.39. The van der Waals surface area contributed by atoms with Crippen LogP contribution in [0.3, 0.4) is 0 Å². The first kappa shape index (κ1) is 10.9. The van der Waals surface area contributed by atoms with Crippen LogP contribution in [0.1, 0.15) is 12.8 Å². The SMILES string of the molecule is COc1cccnc1N1CCC(C=O)CC1. The van der Waals surface area contributed by atoms with Crippen molar-refractivity contribution >= 4 is 12.1 Å². The van der Waals surface area contributed by atoms with Crippen LogP contribution >= 0.6 is 0 Å². The predicted molar refractivity (Wildman–Crippen MR) is 61.8 cm³/mol. The fraction of sp³-hybridized carbons (Fsp3) is 0.500. The first-order valence-corrected chi connectivity index (χ1v) is 5.54. The van der Waals surface area contributed by atoms with E-state index < -0.39 is 0 Å². The summed E-state index contributed by atoms with van der Waals surface area (Å²) in [6.45, 7) is 1.74. The number of piperidine rings is 1. The van der Waals surface area contributed by atoms with Crippen molar-refractivity contribution in [2.75, 3.05) is 25.1 Å². The number of nitrogens with zero attached hydrogens (tertiary/aromatic N) is 2. The summed E-state index contributed by atoms with van der Waals surface area (Å²) in [4.78, 5) is 17.2.